The van der Waals surface area contributed by atoms with Gasteiger partial charge in [0.05, 0.1) is 11.4 Å². The summed E-state index contributed by atoms with van der Waals surface area (Å²) in [5, 5.41) is 16.8. The van der Waals surface area contributed by atoms with E-state index in [4.69, 9.17) is 30.4 Å². The molecule has 0 saturated carbocycles. The predicted octanol–water partition coefficient (Wildman–Crippen LogP) is -1.49. The molecule has 0 atom stereocenters. The van der Waals surface area contributed by atoms with Crippen molar-refractivity contribution >= 4 is 101 Å². The molecule has 4 aromatic rings. The Morgan fingerprint density at radius 1 is 0.723 bits per heavy atom. The minimum absolute atomic E-state index is 0. The van der Waals surface area contributed by atoms with Gasteiger partial charge in [0.15, 0.2) is 11.2 Å². The molecule has 2 aliphatic heterocycles. The van der Waals surface area contributed by atoms with Crippen LogP contribution in [0.3, 0.4) is 0 Å². The van der Waals surface area contributed by atoms with Gasteiger partial charge < -0.3 is 56.4 Å². The molecule has 0 unspecified atom stereocenters. The van der Waals surface area contributed by atoms with Crippen LogP contribution in [0.15, 0.2) is 67.0 Å². The molecule has 4 heterocycles. The summed E-state index contributed by atoms with van der Waals surface area (Å²) in [6.45, 7) is 7.22. The van der Waals surface area contributed by atoms with Crippen LogP contribution < -0.4 is 78.0 Å². The Balaban J connectivity index is -0.000000312. The van der Waals surface area contributed by atoms with Crippen LogP contribution in [0.25, 0.3) is 21.9 Å². The zero-order chi connectivity index (χ0) is 28.5. The molecule has 0 aliphatic carbocycles. The van der Waals surface area contributed by atoms with Crippen molar-refractivity contribution in [3.63, 3.8) is 0 Å². The largest absolute Gasteiger partial charge is 1.00 e. The first-order valence-electron chi connectivity index (χ1n) is 12.7. The number of nitrogen functional groups attached to an aromatic ring is 2. The minimum atomic E-state index is -0.468. The van der Waals surface area contributed by atoms with Crippen molar-refractivity contribution in [3.8, 4) is 0 Å². The van der Waals surface area contributed by atoms with Crippen LogP contribution >= 0.6 is 49.6 Å². The predicted molar refractivity (Wildman–Crippen MR) is 190 cm³/mol. The summed E-state index contributed by atoms with van der Waals surface area (Å²) >= 11 is 0. The van der Waals surface area contributed by atoms with Crippen molar-refractivity contribution in [3.05, 3.63) is 69.4 Å². The third-order valence-corrected chi connectivity index (χ3v) is 6.49. The third kappa shape index (κ3) is 13.5. The van der Waals surface area contributed by atoms with E-state index in [2.05, 4.69) is 25.3 Å². The van der Waals surface area contributed by atoms with Gasteiger partial charge in [0.2, 0.25) is 0 Å². The molecular formula is C28H41Cl4N6NaO8. The Kier molecular flexibility index (Phi) is 27.9. The van der Waals surface area contributed by atoms with Gasteiger partial charge in [-0.25, -0.2) is 9.59 Å². The van der Waals surface area contributed by atoms with Gasteiger partial charge in [-0.2, -0.15) is 0 Å². The number of anilines is 4. The molecule has 0 spiro atoms. The summed E-state index contributed by atoms with van der Waals surface area (Å²) in [6, 6.07) is 15.0. The van der Waals surface area contributed by atoms with Gasteiger partial charge in [0.25, 0.3) is 6.47 Å². The second kappa shape index (κ2) is 25.5. The number of carbonyl (C=O) groups is 1. The SMILES string of the molecule is C.Cl.Cl.Cl.Cl.Nc1cc2cccc(N3CCNCC3)c2oc1=O.Nc1cc2cccc(N3CCNCC3)c2oc1=O.O.O=CO[O-].[Na+]. The number of nitrogens with one attached hydrogen (secondary N) is 2. The van der Waals surface area contributed by atoms with E-state index in [0.717, 1.165) is 74.5 Å². The standard InChI is InChI=1S/2C13H15N3O2.CH2O3.CH4.4ClH.Na.H2O/c2*14-10-8-9-2-1-3-11(12(9)18-13(10)17)16-6-4-15-5-7-16;2-1-4-3;;;;;;;/h2*1-3,8,15H,4-7,14H2;1,3H;1H4;4*1H;;1H2/q;;;;;;;;+1;/p-1. The summed E-state index contributed by atoms with van der Waals surface area (Å²) < 4.78 is 10.7. The number of halogens is 4. The van der Waals surface area contributed by atoms with Gasteiger partial charge in [-0.05, 0) is 24.3 Å². The normalized spacial score (nSPS) is 12.8. The van der Waals surface area contributed by atoms with Crippen LogP contribution in [0.2, 0.25) is 0 Å². The quantitative estimate of drug-likeness (QED) is 0.0616. The van der Waals surface area contributed by atoms with Crippen LogP contribution in [0.5, 0.6) is 0 Å². The van der Waals surface area contributed by atoms with E-state index >= 15 is 0 Å². The van der Waals surface area contributed by atoms with E-state index < -0.39 is 11.3 Å². The second-order valence-corrected chi connectivity index (χ2v) is 9.04. The molecule has 2 aromatic carbocycles. The zero-order valence-electron chi connectivity index (χ0n) is 24.9. The molecule has 0 amide bonds. The average Bonchev–Trinajstić information content (AvgIpc) is 2.99. The van der Waals surface area contributed by atoms with E-state index in [1.807, 2.05) is 36.4 Å². The Morgan fingerprint density at radius 2 is 1.04 bits per heavy atom. The van der Waals surface area contributed by atoms with E-state index in [-0.39, 0.29) is 110 Å². The molecule has 47 heavy (non-hydrogen) atoms. The Hall–Kier alpha value is -2.47. The summed E-state index contributed by atoms with van der Waals surface area (Å²) in [5.41, 5.74) is 13.7. The van der Waals surface area contributed by atoms with Crippen LogP contribution in [-0.2, 0) is 9.68 Å². The van der Waals surface area contributed by atoms with Crippen LogP contribution in [0.1, 0.15) is 7.43 Å². The van der Waals surface area contributed by atoms with Crippen molar-refractivity contribution in [2.45, 2.75) is 7.43 Å². The maximum atomic E-state index is 11.5. The number of carbonyl (C=O) groups excluding carboxylic acids is 1. The van der Waals surface area contributed by atoms with Crippen LogP contribution in [0, 0.1) is 0 Å². The molecule has 8 N–H and O–H groups in total. The molecule has 6 rings (SSSR count). The van der Waals surface area contributed by atoms with Crippen molar-refractivity contribution in [2.24, 2.45) is 0 Å². The molecule has 2 aliphatic rings. The van der Waals surface area contributed by atoms with Crippen molar-refractivity contribution < 1.29 is 58.8 Å². The van der Waals surface area contributed by atoms with E-state index in [0.29, 0.717) is 11.2 Å². The molecule has 260 valence electrons. The molecular weight excluding hydrogens is 713 g/mol. The average molecular weight is 754 g/mol. The maximum absolute atomic E-state index is 11.5. The van der Waals surface area contributed by atoms with Gasteiger partial charge in [-0.15, -0.1) is 49.6 Å². The number of fused-ring (bicyclic) bond motifs is 2. The topological polar surface area (TPSA) is 224 Å². The molecule has 14 nitrogen and oxygen atoms in total. The third-order valence-electron chi connectivity index (χ3n) is 6.49. The van der Waals surface area contributed by atoms with Crippen molar-refractivity contribution in [1.82, 2.24) is 10.6 Å². The molecule has 0 radical (unpaired) electrons. The Labute approximate surface area is 318 Å². The van der Waals surface area contributed by atoms with Gasteiger partial charge in [0.1, 0.15) is 11.4 Å². The van der Waals surface area contributed by atoms with Crippen molar-refractivity contribution in [1.29, 1.82) is 0 Å². The summed E-state index contributed by atoms with van der Waals surface area (Å²) in [5.74, 6) is 0. The fraction of sp³-hybridized carbons (Fsp3) is 0.321. The first kappa shape index (κ1) is 51.4. The monoisotopic (exact) mass is 752 g/mol. The van der Waals surface area contributed by atoms with E-state index in [1.54, 1.807) is 12.1 Å². The Morgan fingerprint density at radius 3 is 1.34 bits per heavy atom. The first-order valence-corrected chi connectivity index (χ1v) is 12.7. The number of benzene rings is 2. The van der Waals surface area contributed by atoms with Crippen molar-refractivity contribution in [2.75, 3.05) is 73.6 Å². The van der Waals surface area contributed by atoms with Gasteiger partial charge in [-0.1, -0.05) is 31.7 Å². The number of nitrogens with zero attached hydrogens (tertiary/aromatic N) is 2. The Bertz CT molecular complexity index is 1480. The minimum Gasteiger partial charge on any atom is -0.662 e. The molecule has 2 fully saturated rings. The number of piperazine rings is 2. The summed E-state index contributed by atoms with van der Waals surface area (Å²) in [4.78, 5) is 38.8. The number of rotatable bonds is 3. The number of hydrogen-bond donors (Lipinski definition) is 4. The van der Waals surface area contributed by atoms with Crippen LogP contribution in [-0.4, -0.2) is 64.3 Å². The first-order chi connectivity index (χ1) is 19.4. The van der Waals surface area contributed by atoms with E-state index in [1.165, 1.54) is 0 Å². The maximum Gasteiger partial charge on any atom is 1.00 e. The molecule has 19 heteroatoms. The van der Waals surface area contributed by atoms with E-state index in [9.17, 15) is 9.59 Å². The van der Waals surface area contributed by atoms with Gasteiger partial charge in [-0.3, -0.25) is 4.79 Å². The summed E-state index contributed by atoms with van der Waals surface area (Å²) in [6.07, 6.45) is 0. The molecule has 2 saturated heterocycles. The number of para-hydroxylation sites is 2. The number of hydrogen-bond acceptors (Lipinski definition) is 13. The fourth-order valence-corrected chi connectivity index (χ4v) is 4.60. The molecule has 2 aromatic heterocycles. The number of nitrogens with two attached hydrogens (primary N) is 2. The molecule has 0 bridgehead atoms. The van der Waals surface area contributed by atoms with Gasteiger partial charge in [0, 0.05) is 63.1 Å². The van der Waals surface area contributed by atoms with Gasteiger partial charge >= 0.3 is 40.8 Å². The zero-order valence-corrected chi connectivity index (χ0v) is 30.2. The smallest absolute Gasteiger partial charge is 0.662 e. The second-order valence-electron chi connectivity index (χ2n) is 9.04. The fourth-order valence-electron chi connectivity index (χ4n) is 4.60. The summed E-state index contributed by atoms with van der Waals surface area (Å²) in [7, 11) is 0. The van der Waals surface area contributed by atoms with Crippen LogP contribution in [0.4, 0.5) is 22.7 Å².